The number of hydrogen-bond donors (Lipinski definition) is 0. The average Bonchev–Trinajstić information content (AvgIpc) is 3.45. The molecular formula is C32H44N2O5. The van der Waals surface area contributed by atoms with E-state index >= 15 is 0 Å². The molecule has 1 aromatic carbocycles. The third kappa shape index (κ3) is 5.82. The SMILES string of the molecule is CCC(C)N(CC(=O)N(CCc1ccc(OC)c(OC)c1)Cc1ccco1)C(=O)C12CC3CC(CC(C3)C1)C2. The first kappa shape index (κ1) is 27.6. The van der Waals surface area contributed by atoms with Crippen molar-refractivity contribution in [1.29, 1.82) is 0 Å². The van der Waals surface area contributed by atoms with E-state index in [4.69, 9.17) is 13.9 Å². The van der Waals surface area contributed by atoms with E-state index in [9.17, 15) is 9.59 Å². The number of rotatable bonds is 12. The molecule has 0 radical (unpaired) electrons. The average molecular weight is 537 g/mol. The molecule has 4 aliphatic carbocycles. The fourth-order valence-corrected chi connectivity index (χ4v) is 7.75. The number of carbonyl (C=O) groups is 2. The summed E-state index contributed by atoms with van der Waals surface area (Å²) in [5, 5.41) is 0. The molecule has 4 bridgehead atoms. The van der Waals surface area contributed by atoms with Gasteiger partial charge in [-0.3, -0.25) is 9.59 Å². The lowest BCUT2D eigenvalue weighted by Gasteiger charge is -2.57. The van der Waals surface area contributed by atoms with Crippen molar-refractivity contribution in [1.82, 2.24) is 9.80 Å². The van der Waals surface area contributed by atoms with Crippen LogP contribution in [-0.4, -0.2) is 55.0 Å². The van der Waals surface area contributed by atoms with E-state index < -0.39 is 0 Å². The molecule has 7 nitrogen and oxygen atoms in total. The second kappa shape index (κ2) is 11.6. The van der Waals surface area contributed by atoms with Gasteiger partial charge in [-0.05, 0) is 106 Å². The van der Waals surface area contributed by atoms with E-state index in [2.05, 4.69) is 13.8 Å². The van der Waals surface area contributed by atoms with Crippen LogP contribution in [0.3, 0.4) is 0 Å². The molecule has 0 aliphatic heterocycles. The Morgan fingerprint density at radius 1 is 1.03 bits per heavy atom. The molecule has 2 aromatic rings. The molecule has 1 atom stereocenters. The molecule has 2 amide bonds. The Labute approximate surface area is 232 Å². The van der Waals surface area contributed by atoms with Gasteiger partial charge < -0.3 is 23.7 Å². The maximum absolute atomic E-state index is 14.3. The van der Waals surface area contributed by atoms with Crippen LogP contribution in [0.5, 0.6) is 11.5 Å². The first-order valence-corrected chi connectivity index (χ1v) is 14.7. The number of methoxy groups -OCH3 is 2. The summed E-state index contributed by atoms with van der Waals surface area (Å²) in [5.41, 5.74) is 0.789. The molecule has 1 unspecified atom stereocenters. The lowest BCUT2D eigenvalue weighted by molar-refractivity contribution is -0.162. The summed E-state index contributed by atoms with van der Waals surface area (Å²) in [5.74, 6) is 4.33. The van der Waals surface area contributed by atoms with Gasteiger partial charge in [-0.1, -0.05) is 13.0 Å². The van der Waals surface area contributed by atoms with Crippen LogP contribution < -0.4 is 9.47 Å². The zero-order valence-corrected chi connectivity index (χ0v) is 24.0. The van der Waals surface area contributed by atoms with Gasteiger partial charge in [0.2, 0.25) is 11.8 Å². The Morgan fingerprint density at radius 2 is 1.69 bits per heavy atom. The summed E-state index contributed by atoms with van der Waals surface area (Å²) < 4.78 is 16.4. The monoisotopic (exact) mass is 536 g/mol. The fourth-order valence-electron chi connectivity index (χ4n) is 7.75. The molecule has 4 fully saturated rings. The smallest absolute Gasteiger partial charge is 0.242 e. The molecule has 0 N–H and O–H groups in total. The Hall–Kier alpha value is -2.96. The highest BCUT2D eigenvalue weighted by Gasteiger charge is 2.56. The van der Waals surface area contributed by atoms with E-state index in [0.29, 0.717) is 48.8 Å². The minimum Gasteiger partial charge on any atom is -0.493 e. The Kier molecular flexibility index (Phi) is 8.24. The predicted molar refractivity (Wildman–Crippen MR) is 149 cm³/mol. The van der Waals surface area contributed by atoms with Gasteiger partial charge in [-0.25, -0.2) is 0 Å². The van der Waals surface area contributed by atoms with Gasteiger partial charge in [0.1, 0.15) is 12.3 Å². The van der Waals surface area contributed by atoms with Gasteiger partial charge in [0.05, 0.1) is 32.4 Å². The normalized spacial score (nSPS) is 25.8. The van der Waals surface area contributed by atoms with Crippen LogP contribution in [0.15, 0.2) is 41.0 Å². The molecule has 39 heavy (non-hydrogen) atoms. The molecule has 1 aromatic heterocycles. The number of hydrogen-bond acceptors (Lipinski definition) is 5. The summed E-state index contributed by atoms with van der Waals surface area (Å²) in [4.78, 5) is 32.0. The first-order chi connectivity index (χ1) is 18.8. The van der Waals surface area contributed by atoms with Crippen LogP contribution in [0.25, 0.3) is 0 Å². The predicted octanol–water partition coefficient (Wildman–Crippen LogP) is 5.71. The van der Waals surface area contributed by atoms with Crippen LogP contribution in [0.4, 0.5) is 0 Å². The summed E-state index contributed by atoms with van der Waals surface area (Å²) in [6, 6.07) is 9.60. The quantitative estimate of drug-likeness (QED) is 0.347. The van der Waals surface area contributed by atoms with Crippen molar-refractivity contribution in [2.75, 3.05) is 27.3 Å². The topological polar surface area (TPSA) is 72.2 Å². The van der Waals surface area contributed by atoms with Crippen LogP contribution in [0.1, 0.15) is 70.1 Å². The molecule has 4 saturated carbocycles. The summed E-state index contributed by atoms with van der Waals surface area (Å²) in [6.07, 6.45) is 10.0. The van der Waals surface area contributed by atoms with Gasteiger partial charge in [-0.2, -0.15) is 0 Å². The summed E-state index contributed by atoms with van der Waals surface area (Å²) >= 11 is 0. The van der Waals surface area contributed by atoms with Crippen LogP contribution in [0.2, 0.25) is 0 Å². The first-order valence-electron chi connectivity index (χ1n) is 14.7. The van der Waals surface area contributed by atoms with Gasteiger partial charge in [-0.15, -0.1) is 0 Å². The van der Waals surface area contributed by atoms with Crippen molar-refractivity contribution in [3.05, 3.63) is 47.9 Å². The number of benzene rings is 1. The van der Waals surface area contributed by atoms with E-state index in [-0.39, 0.29) is 29.8 Å². The van der Waals surface area contributed by atoms with E-state index in [1.54, 1.807) is 20.5 Å². The lowest BCUT2D eigenvalue weighted by Crippen LogP contribution is -2.57. The molecule has 7 heteroatoms. The van der Waals surface area contributed by atoms with Crippen molar-refractivity contribution in [2.45, 2.75) is 77.8 Å². The highest BCUT2D eigenvalue weighted by atomic mass is 16.5. The number of amides is 2. The lowest BCUT2D eigenvalue weighted by atomic mass is 9.49. The van der Waals surface area contributed by atoms with Crippen molar-refractivity contribution in [2.24, 2.45) is 23.2 Å². The third-order valence-corrected chi connectivity index (χ3v) is 9.58. The number of furan rings is 1. The zero-order valence-electron chi connectivity index (χ0n) is 24.0. The third-order valence-electron chi connectivity index (χ3n) is 9.58. The van der Waals surface area contributed by atoms with E-state index in [1.807, 2.05) is 40.1 Å². The zero-order chi connectivity index (χ0) is 27.6. The highest BCUT2D eigenvalue weighted by Crippen LogP contribution is 2.60. The van der Waals surface area contributed by atoms with Crippen LogP contribution in [0, 0.1) is 23.2 Å². The number of ether oxygens (including phenoxy) is 2. The number of nitrogens with zero attached hydrogens (tertiary/aromatic N) is 2. The van der Waals surface area contributed by atoms with Crippen LogP contribution >= 0.6 is 0 Å². The summed E-state index contributed by atoms with van der Waals surface area (Å²) in [6.45, 7) is 5.19. The van der Waals surface area contributed by atoms with Gasteiger partial charge in [0.25, 0.3) is 0 Å². The minimum atomic E-state index is -0.260. The molecule has 0 saturated heterocycles. The molecule has 1 heterocycles. The molecule has 0 spiro atoms. The van der Waals surface area contributed by atoms with Gasteiger partial charge >= 0.3 is 0 Å². The molecule has 212 valence electrons. The standard InChI is InChI=1S/C32H44N2O5/c1-5-22(2)34(31(36)32-17-24-13-25(18-32)15-26(14-24)19-32)21-30(35)33(20-27-7-6-12-39-27)11-10-23-8-9-28(37-3)29(16-23)38-4/h6-9,12,16,22,24-26H,5,10-11,13-15,17-21H2,1-4H3. The second-order valence-electron chi connectivity index (χ2n) is 12.2. The second-order valence-corrected chi connectivity index (χ2v) is 12.2. The highest BCUT2D eigenvalue weighted by molar-refractivity contribution is 5.88. The molecule has 6 rings (SSSR count). The maximum atomic E-state index is 14.3. The fraction of sp³-hybridized carbons (Fsp3) is 0.625. The minimum absolute atomic E-state index is 0.0192. The van der Waals surface area contributed by atoms with Crippen molar-refractivity contribution >= 4 is 11.8 Å². The molecular weight excluding hydrogens is 492 g/mol. The Balaban J connectivity index is 1.33. The van der Waals surface area contributed by atoms with Crippen LogP contribution in [-0.2, 0) is 22.6 Å². The van der Waals surface area contributed by atoms with E-state index in [0.717, 1.165) is 37.0 Å². The van der Waals surface area contributed by atoms with Crippen molar-refractivity contribution in [3.63, 3.8) is 0 Å². The van der Waals surface area contributed by atoms with Gasteiger partial charge in [0.15, 0.2) is 11.5 Å². The Bertz CT molecular complexity index is 1110. The number of carbonyl (C=O) groups excluding carboxylic acids is 2. The summed E-state index contributed by atoms with van der Waals surface area (Å²) in [7, 11) is 3.24. The van der Waals surface area contributed by atoms with Crippen molar-refractivity contribution < 1.29 is 23.5 Å². The van der Waals surface area contributed by atoms with Crippen molar-refractivity contribution in [3.8, 4) is 11.5 Å². The van der Waals surface area contributed by atoms with Gasteiger partial charge in [0, 0.05) is 12.6 Å². The maximum Gasteiger partial charge on any atom is 0.242 e. The largest absolute Gasteiger partial charge is 0.493 e. The van der Waals surface area contributed by atoms with E-state index in [1.165, 1.54) is 19.3 Å². The molecule has 4 aliphatic rings. The Morgan fingerprint density at radius 3 is 2.26 bits per heavy atom.